The third-order valence-electron chi connectivity index (χ3n) is 4.01. The van der Waals surface area contributed by atoms with E-state index in [1.54, 1.807) is 7.11 Å². The van der Waals surface area contributed by atoms with Crippen LogP contribution in [0.25, 0.3) is 22.2 Å². The molecule has 116 valence electrons. The number of methoxy groups -OCH3 is 1. The van der Waals surface area contributed by atoms with E-state index in [9.17, 15) is 5.26 Å². The van der Waals surface area contributed by atoms with Crippen LogP contribution in [0.15, 0.2) is 42.5 Å². The van der Waals surface area contributed by atoms with Gasteiger partial charge in [-0.05, 0) is 36.2 Å². The molecule has 0 bridgehead atoms. The van der Waals surface area contributed by atoms with Crippen LogP contribution in [0.3, 0.4) is 0 Å². The smallest absolute Gasteiger partial charge is 0.120 e. The van der Waals surface area contributed by atoms with Crippen LogP contribution in [0.1, 0.15) is 18.9 Å². The van der Waals surface area contributed by atoms with Crippen LogP contribution in [0.5, 0.6) is 5.75 Å². The first-order chi connectivity index (χ1) is 11.2. The largest absolute Gasteiger partial charge is 0.497 e. The number of nitrogens with two attached hydrogens (primary N) is 1. The average molecular weight is 305 g/mol. The normalized spacial score (nSPS) is 10.7. The molecule has 0 aliphatic heterocycles. The maximum absolute atomic E-state index is 9.72. The molecule has 4 nitrogen and oxygen atoms in total. The van der Waals surface area contributed by atoms with Crippen molar-refractivity contribution in [1.82, 2.24) is 4.57 Å². The van der Waals surface area contributed by atoms with Gasteiger partial charge in [-0.25, -0.2) is 0 Å². The number of nitrogens with zero attached hydrogens (tertiary/aromatic N) is 2. The Bertz CT molecular complexity index is 886. The van der Waals surface area contributed by atoms with Crippen LogP contribution in [0.4, 0.5) is 5.69 Å². The van der Waals surface area contributed by atoms with E-state index < -0.39 is 0 Å². The Kier molecular flexibility index (Phi) is 3.94. The van der Waals surface area contributed by atoms with Crippen molar-refractivity contribution in [2.75, 3.05) is 12.8 Å². The van der Waals surface area contributed by atoms with Gasteiger partial charge in [0.25, 0.3) is 0 Å². The van der Waals surface area contributed by atoms with E-state index in [1.165, 1.54) is 0 Å². The fourth-order valence-corrected chi connectivity index (χ4v) is 2.97. The lowest BCUT2D eigenvalue weighted by Gasteiger charge is -2.11. The lowest BCUT2D eigenvalue weighted by molar-refractivity contribution is 0.415. The second-order valence-electron chi connectivity index (χ2n) is 5.49. The maximum atomic E-state index is 9.72. The number of benzene rings is 2. The molecule has 4 heteroatoms. The minimum Gasteiger partial charge on any atom is -0.497 e. The molecule has 0 saturated carbocycles. The van der Waals surface area contributed by atoms with Gasteiger partial charge in [-0.2, -0.15) is 5.26 Å². The highest BCUT2D eigenvalue weighted by Crippen LogP contribution is 2.35. The summed E-state index contributed by atoms with van der Waals surface area (Å²) in [5.41, 5.74) is 10.2. The van der Waals surface area contributed by atoms with Gasteiger partial charge in [-0.1, -0.05) is 19.1 Å². The predicted molar refractivity (Wildman–Crippen MR) is 93.3 cm³/mol. The first-order valence-electron chi connectivity index (χ1n) is 7.65. The van der Waals surface area contributed by atoms with E-state index in [0.717, 1.165) is 40.9 Å². The number of hydrogen-bond acceptors (Lipinski definition) is 3. The predicted octanol–water partition coefficient (Wildman–Crippen LogP) is 4.18. The average Bonchev–Trinajstić information content (AvgIpc) is 2.89. The summed E-state index contributed by atoms with van der Waals surface area (Å²) in [7, 11) is 1.65. The standard InChI is InChI=1S/C19H19N3O/c1-3-10-22-18-11-15(23-2)8-9-16(18)17(12-20)19(22)13-4-6-14(21)7-5-13/h4-9,11H,3,10,21H2,1-2H3. The molecular formula is C19H19N3O. The van der Waals surface area contributed by atoms with Crippen molar-refractivity contribution >= 4 is 16.6 Å². The molecule has 0 unspecified atom stereocenters. The molecule has 0 fully saturated rings. The van der Waals surface area contributed by atoms with E-state index in [2.05, 4.69) is 17.6 Å². The van der Waals surface area contributed by atoms with Crippen molar-refractivity contribution in [1.29, 1.82) is 5.26 Å². The highest BCUT2D eigenvalue weighted by molar-refractivity contribution is 5.95. The molecule has 1 aromatic heterocycles. The third kappa shape index (κ3) is 2.51. The topological polar surface area (TPSA) is 64.0 Å². The maximum Gasteiger partial charge on any atom is 0.120 e. The molecule has 0 spiro atoms. The molecule has 0 amide bonds. The van der Waals surface area contributed by atoms with Gasteiger partial charge in [0.2, 0.25) is 0 Å². The molecule has 2 aromatic carbocycles. The molecule has 0 aliphatic carbocycles. The Morgan fingerprint density at radius 2 is 1.91 bits per heavy atom. The Labute approximate surface area is 135 Å². The van der Waals surface area contributed by atoms with E-state index in [0.29, 0.717) is 11.3 Å². The third-order valence-corrected chi connectivity index (χ3v) is 4.01. The van der Waals surface area contributed by atoms with E-state index in [-0.39, 0.29) is 0 Å². The molecule has 1 heterocycles. The Morgan fingerprint density at radius 1 is 1.17 bits per heavy atom. The number of aromatic nitrogens is 1. The summed E-state index contributed by atoms with van der Waals surface area (Å²) in [6, 6.07) is 15.9. The second-order valence-corrected chi connectivity index (χ2v) is 5.49. The summed E-state index contributed by atoms with van der Waals surface area (Å²) in [4.78, 5) is 0. The molecule has 23 heavy (non-hydrogen) atoms. The van der Waals surface area contributed by atoms with Gasteiger partial charge in [0.1, 0.15) is 11.8 Å². The number of ether oxygens (including phenoxy) is 1. The van der Waals surface area contributed by atoms with Gasteiger partial charge in [-0.15, -0.1) is 0 Å². The van der Waals surface area contributed by atoms with E-state index in [4.69, 9.17) is 10.5 Å². The monoisotopic (exact) mass is 305 g/mol. The fraction of sp³-hybridized carbons (Fsp3) is 0.211. The summed E-state index contributed by atoms with van der Waals surface area (Å²) in [5, 5.41) is 10.7. The Balaban J connectivity index is 2.36. The van der Waals surface area contributed by atoms with Gasteiger partial charge in [0.05, 0.1) is 23.9 Å². The molecular weight excluding hydrogens is 286 g/mol. The minimum atomic E-state index is 0.695. The molecule has 0 saturated heterocycles. The molecule has 0 radical (unpaired) electrons. The number of anilines is 1. The summed E-state index contributed by atoms with van der Waals surface area (Å²) >= 11 is 0. The highest BCUT2D eigenvalue weighted by Gasteiger charge is 2.18. The number of rotatable bonds is 4. The van der Waals surface area contributed by atoms with Crippen molar-refractivity contribution in [2.45, 2.75) is 19.9 Å². The summed E-state index contributed by atoms with van der Waals surface area (Å²) in [6.45, 7) is 2.97. The summed E-state index contributed by atoms with van der Waals surface area (Å²) in [6.07, 6.45) is 0.980. The Morgan fingerprint density at radius 3 is 2.52 bits per heavy atom. The zero-order valence-corrected chi connectivity index (χ0v) is 13.3. The molecule has 0 atom stereocenters. The zero-order valence-electron chi connectivity index (χ0n) is 13.3. The Hall–Kier alpha value is -2.93. The highest BCUT2D eigenvalue weighted by atomic mass is 16.5. The summed E-state index contributed by atoms with van der Waals surface area (Å²) < 4.78 is 7.54. The molecule has 2 N–H and O–H groups in total. The lowest BCUT2D eigenvalue weighted by Crippen LogP contribution is -2.00. The molecule has 3 rings (SSSR count). The quantitative estimate of drug-likeness (QED) is 0.735. The SMILES string of the molecule is CCCn1c(-c2ccc(N)cc2)c(C#N)c2ccc(OC)cc21. The first-order valence-corrected chi connectivity index (χ1v) is 7.65. The number of aryl methyl sites for hydroxylation is 1. The second kappa shape index (κ2) is 6.05. The number of nitriles is 1. The van der Waals surface area contributed by atoms with Crippen molar-refractivity contribution in [3.8, 4) is 23.1 Å². The molecule has 3 aromatic rings. The zero-order chi connectivity index (χ0) is 16.4. The fourth-order valence-electron chi connectivity index (χ4n) is 2.97. The van der Waals surface area contributed by atoms with Crippen LogP contribution in [0.2, 0.25) is 0 Å². The van der Waals surface area contributed by atoms with Crippen molar-refractivity contribution in [2.24, 2.45) is 0 Å². The molecule has 0 aliphatic rings. The van der Waals surface area contributed by atoms with E-state index >= 15 is 0 Å². The number of nitrogen functional groups attached to an aromatic ring is 1. The van der Waals surface area contributed by atoms with Crippen LogP contribution in [-0.2, 0) is 6.54 Å². The van der Waals surface area contributed by atoms with Gasteiger partial charge in [0, 0.05) is 23.7 Å². The van der Waals surface area contributed by atoms with Gasteiger partial charge >= 0.3 is 0 Å². The van der Waals surface area contributed by atoms with Gasteiger partial charge < -0.3 is 15.0 Å². The van der Waals surface area contributed by atoms with Crippen LogP contribution in [-0.4, -0.2) is 11.7 Å². The van der Waals surface area contributed by atoms with Crippen molar-refractivity contribution in [3.63, 3.8) is 0 Å². The van der Waals surface area contributed by atoms with Crippen molar-refractivity contribution in [3.05, 3.63) is 48.0 Å². The number of hydrogen-bond donors (Lipinski definition) is 1. The number of fused-ring (bicyclic) bond motifs is 1. The lowest BCUT2D eigenvalue weighted by atomic mass is 10.1. The summed E-state index contributed by atoms with van der Waals surface area (Å²) in [5.74, 6) is 0.792. The van der Waals surface area contributed by atoms with Crippen LogP contribution < -0.4 is 10.5 Å². The van der Waals surface area contributed by atoms with E-state index in [1.807, 2.05) is 42.5 Å². The van der Waals surface area contributed by atoms with Gasteiger partial charge in [-0.3, -0.25) is 0 Å². The minimum absolute atomic E-state index is 0.695. The first kappa shape index (κ1) is 15.0. The van der Waals surface area contributed by atoms with Crippen LogP contribution in [0, 0.1) is 11.3 Å². The van der Waals surface area contributed by atoms with Crippen LogP contribution >= 0.6 is 0 Å². The van der Waals surface area contributed by atoms with Gasteiger partial charge in [0.15, 0.2) is 0 Å². The van der Waals surface area contributed by atoms with Crippen molar-refractivity contribution < 1.29 is 4.74 Å².